The van der Waals surface area contributed by atoms with Gasteiger partial charge in [0.15, 0.2) is 5.84 Å². The summed E-state index contributed by atoms with van der Waals surface area (Å²) in [7, 11) is 0. The molecule has 7 rings (SSSR count). The van der Waals surface area contributed by atoms with Crippen molar-refractivity contribution < 1.29 is 5.11 Å². The molecule has 3 aromatic rings. The number of hydrogen-bond acceptors (Lipinski definition) is 2. The summed E-state index contributed by atoms with van der Waals surface area (Å²) in [6.07, 6.45) is 36.5. The number of allylic oxidation sites excluding steroid dienone is 16. The number of phenolic OH excluding ortho intramolecular Hbond substituents is 1. The Kier molecular flexibility index (Phi) is 11.2. The Labute approximate surface area is 309 Å². The van der Waals surface area contributed by atoms with Crippen molar-refractivity contribution in [3.63, 3.8) is 0 Å². The van der Waals surface area contributed by atoms with Crippen molar-refractivity contribution in [1.29, 1.82) is 0 Å². The first-order valence-electron chi connectivity index (χ1n) is 18.9. The number of phenols is 1. The summed E-state index contributed by atoms with van der Waals surface area (Å²) in [5.74, 6) is 1.18. The largest absolute Gasteiger partial charge is 0.507 e. The second-order valence-corrected chi connectivity index (χ2v) is 14.0. The van der Waals surface area contributed by atoms with Crippen molar-refractivity contribution in [2.75, 3.05) is 0 Å². The van der Waals surface area contributed by atoms with E-state index >= 15 is 0 Å². The van der Waals surface area contributed by atoms with Gasteiger partial charge in [-0.2, -0.15) is 0 Å². The standard InChI is InChI=1S/C49H48N2O/c1-35(37-17-7-3-4-8-18-37)50-49(44-26-16-25-43(33-44)46-27-13-14-28-48(46)52)51-36(2)38-23-15-24-39(30-29-38)42-31-32-45(40-19-9-5-10-20-40)47(34-42)41-21-11-6-12-22-41/h3-4,6,9,11,13-14,16-17,19-21,23,25-34,39,52H,1,5,7-8,10,12,15,18,22,24H2,2H3/b50-49-,51-36+. The molecule has 0 fully saturated rings. The van der Waals surface area contributed by atoms with E-state index in [1.54, 1.807) is 6.07 Å². The molecule has 0 radical (unpaired) electrons. The van der Waals surface area contributed by atoms with E-state index in [9.17, 15) is 5.11 Å². The van der Waals surface area contributed by atoms with Crippen LogP contribution in [0.25, 0.3) is 22.3 Å². The highest BCUT2D eigenvalue weighted by molar-refractivity contribution is 6.13. The molecule has 1 N–H and O–H groups in total. The number of aromatic hydroxyl groups is 1. The molecule has 0 bridgehead atoms. The molecule has 0 amide bonds. The molecule has 4 aliphatic rings. The minimum Gasteiger partial charge on any atom is -0.507 e. The van der Waals surface area contributed by atoms with Gasteiger partial charge >= 0.3 is 0 Å². The van der Waals surface area contributed by atoms with E-state index in [-0.39, 0.29) is 5.75 Å². The maximum atomic E-state index is 10.6. The van der Waals surface area contributed by atoms with Gasteiger partial charge in [0.05, 0.1) is 5.70 Å². The van der Waals surface area contributed by atoms with Gasteiger partial charge in [-0.1, -0.05) is 134 Å². The van der Waals surface area contributed by atoms with Gasteiger partial charge < -0.3 is 5.11 Å². The van der Waals surface area contributed by atoms with Crippen molar-refractivity contribution in [2.45, 2.75) is 70.6 Å². The van der Waals surface area contributed by atoms with Gasteiger partial charge in [0, 0.05) is 22.8 Å². The maximum absolute atomic E-state index is 10.6. The van der Waals surface area contributed by atoms with E-state index in [2.05, 4.69) is 111 Å². The average molecular weight is 681 g/mol. The lowest BCUT2D eigenvalue weighted by Gasteiger charge is -2.20. The number of hydrogen-bond donors (Lipinski definition) is 1. The SMILES string of the molecule is C=C(/N=C(\N=C(/C)C1=CCCC(c2ccc(C3=CCCC=C3)c(C3=CC=CCC3)c2)C=C1)c1cccc(-c2ccccc2O)c1)C1=CCC=CCC1. The zero-order valence-electron chi connectivity index (χ0n) is 30.3. The Morgan fingerprint density at radius 3 is 2.50 bits per heavy atom. The lowest BCUT2D eigenvalue weighted by Crippen LogP contribution is -2.05. The van der Waals surface area contributed by atoms with Crippen molar-refractivity contribution in [2.24, 2.45) is 9.98 Å². The van der Waals surface area contributed by atoms with E-state index in [0.717, 1.165) is 97.0 Å². The van der Waals surface area contributed by atoms with Crippen LogP contribution in [-0.4, -0.2) is 16.7 Å². The highest BCUT2D eigenvalue weighted by atomic mass is 16.3. The Morgan fingerprint density at radius 2 is 1.65 bits per heavy atom. The molecule has 260 valence electrons. The molecule has 1 atom stereocenters. The fraction of sp³-hybridized carbons (Fsp3) is 0.224. The third-order valence-electron chi connectivity index (χ3n) is 10.4. The monoisotopic (exact) mass is 680 g/mol. The highest BCUT2D eigenvalue weighted by Gasteiger charge is 2.18. The number of benzene rings is 3. The van der Waals surface area contributed by atoms with Crippen LogP contribution < -0.4 is 0 Å². The van der Waals surface area contributed by atoms with E-state index in [1.807, 2.05) is 36.4 Å². The number of para-hydroxylation sites is 1. The zero-order valence-corrected chi connectivity index (χ0v) is 30.3. The zero-order chi connectivity index (χ0) is 35.7. The van der Waals surface area contributed by atoms with E-state index in [0.29, 0.717) is 11.8 Å². The van der Waals surface area contributed by atoms with Crippen LogP contribution >= 0.6 is 0 Å². The van der Waals surface area contributed by atoms with Crippen LogP contribution in [0.15, 0.2) is 173 Å². The van der Waals surface area contributed by atoms with Gasteiger partial charge in [-0.25, -0.2) is 9.98 Å². The molecular formula is C49H48N2O. The van der Waals surface area contributed by atoms with Crippen LogP contribution in [0, 0.1) is 0 Å². The molecule has 0 saturated heterocycles. The third-order valence-corrected chi connectivity index (χ3v) is 10.4. The van der Waals surface area contributed by atoms with Crippen LogP contribution in [0.1, 0.15) is 92.9 Å². The smallest absolute Gasteiger partial charge is 0.160 e. The fourth-order valence-electron chi connectivity index (χ4n) is 7.45. The van der Waals surface area contributed by atoms with Gasteiger partial charge in [0.25, 0.3) is 0 Å². The fourth-order valence-corrected chi connectivity index (χ4v) is 7.45. The molecule has 3 aromatic carbocycles. The summed E-state index contributed by atoms with van der Waals surface area (Å²) in [4.78, 5) is 10.3. The summed E-state index contributed by atoms with van der Waals surface area (Å²) in [5.41, 5.74) is 13.4. The first kappa shape index (κ1) is 34.9. The summed E-state index contributed by atoms with van der Waals surface area (Å²) in [6, 6.07) is 22.7. The lowest BCUT2D eigenvalue weighted by molar-refractivity contribution is 0.477. The van der Waals surface area contributed by atoms with Gasteiger partial charge in [-0.3, -0.25) is 0 Å². The van der Waals surface area contributed by atoms with Crippen LogP contribution in [-0.2, 0) is 0 Å². The molecule has 3 heteroatoms. The average Bonchev–Trinajstić information content (AvgIpc) is 3.63. The third kappa shape index (κ3) is 8.32. The number of nitrogens with zero attached hydrogens (tertiary/aromatic N) is 2. The summed E-state index contributed by atoms with van der Waals surface area (Å²) >= 11 is 0. The molecule has 0 aromatic heterocycles. The minimum atomic E-state index is 0.249. The molecule has 0 aliphatic heterocycles. The van der Waals surface area contributed by atoms with Gasteiger partial charge in [0.2, 0.25) is 0 Å². The second kappa shape index (κ2) is 16.7. The Balaban J connectivity index is 1.20. The second-order valence-electron chi connectivity index (χ2n) is 14.0. The Morgan fingerprint density at radius 1 is 0.750 bits per heavy atom. The van der Waals surface area contributed by atoms with Crippen LogP contribution in [0.5, 0.6) is 5.75 Å². The number of aliphatic imine (C=N–C) groups is 2. The first-order chi connectivity index (χ1) is 25.5. The van der Waals surface area contributed by atoms with Crippen LogP contribution in [0.3, 0.4) is 0 Å². The highest BCUT2D eigenvalue weighted by Crippen LogP contribution is 2.37. The maximum Gasteiger partial charge on any atom is 0.160 e. The number of amidine groups is 1. The lowest BCUT2D eigenvalue weighted by atomic mass is 9.84. The van der Waals surface area contributed by atoms with Crippen molar-refractivity contribution in [3.8, 4) is 16.9 Å². The van der Waals surface area contributed by atoms with E-state index < -0.39 is 0 Å². The molecule has 3 nitrogen and oxygen atoms in total. The molecule has 1 unspecified atom stereocenters. The van der Waals surface area contributed by atoms with Crippen LogP contribution in [0.4, 0.5) is 0 Å². The summed E-state index contributed by atoms with van der Waals surface area (Å²) < 4.78 is 0. The molecule has 4 aliphatic carbocycles. The Bertz CT molecular complexity index is 2160. The summed E-state index contributed by atoms with van der Waals surface area (Å²) in [5, 5.41) is 10.6. The molecule has 0 saturated carbocycles. The van der Waals surface area contributed by atoms with Crippen molar-refractivity contribution in [1.82, 2.24) is 0 Å². The van der Waals surface area contributed by atoms with Crippen LogP contribution in [0.2, 0.25) is 0 Å². The molecule has 0 heterocycles. The predicted molar refractivity (Wildman–Crippen MR) is 222 cm³/mol. The topological polar surface area (TPSA) is 45.0 Å². The van der Waals surface area contributed by atoms with Gasteiger partial charge in [-0.05, 0) is 121 Å². The first-order valence-corrected chi connectivity index (χ1v) is 18.9. The molecule has 52 heavy (non-hydrogen) atoms. The molecule has 0 spiro atoms. The van der Waals surface area contributed by atoms with Gasteiger partial charge in [0.1, 0.15) is 5.75 Å². The van der Waals surface area contributed by atoms with E-state index in [1.165, 1.54) is 27.8 Å². The predicted octanol–water partition coefficient (Wildman–Crippen LogP) is 13.0. The number of rotatable bonds is 8. The van der Waals surface area contributed by atoms with Crippen molar-refractivity contribution in [3.05, 3.63) is 185 Å². The summed E-state index contributed by atoms with van der Waals surface area (Å²) in [6.45, 7) is 6.48. The molecular weight excluding hydrogens is 633 g/mol. The van der Waals surface area contributed by atoms with Crippen molar-refractivity contribution >= 4 is 22.7 Å². The Hall–Kier alpha value is -5.54. The quantitative estimate of drug-likeness (QED) is 0.144. The minimum absolute atomic E-state index is 0.249. The van der Waals surface area contributed by atoms with Gasteiger partial charge in [-0.15, -0.1) is 0 Å². The normalized spacial score (nSPS) is 19.3. The van der Waals surface area contributed by atoms with E-state index in [4.69, 9.17) is 9.98 Å².